The van der Waals surface area contributed by atoms with Gasteiger partial charge in [-0.25, -0.2) is 4.98 Å². The van der Waals surface area contributed by atoms with Gasteiger partial charge in [-0.2, -0.15) is 0 Å². The fraction of sp³-hybridized carbons (Fsp3) is 0.222. The van der Waals surface area contributed by atoms with Crippen molar-refractivity contribution in [2.75, 3.05) is 0 Å². The third-order valence-corrected chi connectivity index (χ3v) is 2.41. The van der Waals surface area contributed by atoms with Crippen LogP contribution in [0.2, 0.25) is 0 Å². The summed E-state index contributed by atoms with van der Waals surface area (Å²) in [5.74, 6) is 0.723. The molecule has 2 rings (SSSR count). The molecule has 0 fully saturated rings. The summed E-state index contributed by atoms with van der Waals surface area (Å²) in [6.45, 7) is 2.17. The second-order valence-corrected chi connectivity index (χ2v) is 3.96. The second-order valence-electron chi connectivity index (χ2n) is 3.10. The number of halogens is 1. The van der Waals surface area contributed by atoms with Crippen LogP contribution in [0.15, 0.2) is 32.4 Å². The molecule has 0 aromatic carbocycles. The average molecular weight is 270 g/mol. The summed E-state index contributed by atoms with van der Waals surface area (Å²) in [5.41, 5.74) is 0.570. The quantitative estimate of drug-likeness (QED) is 0.826. The minimum Gasteiger partial charge on any atom is -0.361 e. The molecule has 0 saturated heterocycles. The molecule has 6 heteroatoms. The van der Waals surface area contributed by atoms with E-state index in [1.54, 1.807) is 13.0 Å². The van der Waals surface area contributed by atoms with Crippen LogP contribution < -0.4 is 5.56 Å². The second kappa shape index (κ2) is 3.98. The molecule has 0 unspecified atom stereocenters. The average Bonchev–Trinajstić information content (AvgIpc) is 2.59. The van der Waals surface area contributed by atoms with Gasteiger partial charge in [0.1, 0.15) is 15.9 Å². The lowest BCUT2D eigenvalue weighted by molar-refractivity contribution is 0.388. The van der Waals surface area contributed by atoms with Crippen LogP contribution in [0.25, 0.3) is 0 Å². The fourth-order valence-electron chi connectivity index (χ4n) is 1.20. The Bertz CT molecular complexity index is 532. The summed E-state index contributed by atoms with van der Waals surface area (Å²) in [7, 11) is 0. The number of hydrogen-bond donors (Lipinski definition) is 0. The lowest BCUT2D eigenvalue weighted by Gasteiger charge is -2.01. The largest absolute Gasteiger partial charge is 0.361 e. The first-order valence-corrected chi connectivity index (χ1v) is 5.08. The van der Waals surface area contributed by atoms with E-state index in [0.29, 0.717) is 16.7 Å². The summed E-state index contributed by atoms with van der Waals surface area (Å²) in [4.78, 5) is 15.5. The molecule has 0 radical (unpaired) electrons. The summed E-state index contributed by atoms with van der Waals surface area (Å²) >= 11 is 3.12. The lowest BCUT2D eigenvalue weighted by Crippen LogP contribution is -2.21. The zero-order valence-electron chi connectivity index (χ0n) is 7.98. The number of aryl methyl sites for hydroxylation is 1. The normalized spacial score (nSPS) is 10.5. The summed E-state index contributed by atoms with van der Waals surface area (Å²) in [6, 6.07) is 1.79. The SMILES string of the molecule is Cc1cc(Cn2cncc(Br)c2=O)no1. The van der Waals surface area contributed by atoms with Crippen LogP contribution in [-0.2, 0) is 6.54 Å². The van der Waals surface area contributed by atoms with Gasteiger partial charge in [0.25, 0.3) is 5.56 Å². The van der Waals surface area contributed by atoms with E-state index in [1.165, 1.54) is 17.1 Å². The maximum atomic E-state index is 11.6. The molecule has 15 heavy (non-hydrogen) atoms. The van der Waals surface area contributed by atoms with Crippen molar-refractivity contribution in [1.29, 1.82) is 0 Å². The topological polar surface area (TPSA) is 60.9 Å². The smallest absolute Gasteiger partial charge is 0.267 e. The van der Waals surface area contributed by atoms with Crippen molar-refractivity contribution in [1.82, 2.24) is 14.7 Å². The van der Waals surface area contributed by atoms with Gasteiger partial charge in [0.15, 0.2) is 0 Å². The number of hydrogen-bond acceptors (Lipinski definition) is 4. The highest BCUT2D eigenvalue weighted by Crippen LogP contribution is 2.04. The van der Waals surface area contributed by atoms with Gasteiger partial charge in [-0.15, -0.1) is 0 Å². The maximum absolute atomic E-state index is 11.6. The Balaban J connectivity index is 2.32. The summed E-state index contributed by atoms with van der Waals surface area (Å²) < 4.78 is 6.80. The predicted molar refractivity (Wildman–Crippen MR) is 56.5 cm³/mol. The maximum Gasteiger partial charge on any atom is 0.267 e. The van der Waals surface area contributed by atoms with Crippen LogP contribution in [0.5, 0.6) is 0 Å². The van der Waals surface area contributed by atoms with Crippen molar-refractivity contribution in [3.05, 3.63) is 44.9 Å². The van der Waals surface area contributed by atoms with Crippen molar-refractivity contribution in [3.63, 3.8) is 0 Å². The van der Waals surface area contributed by atoms with E-state index in [4.69, 9.17) is 4.52 Å². The molecule has 5 nitrogen and oxygen atoms in total. The number of aromatic nitrogens is 3. The van der Waals surface area contributed by atoms with Crippen molar-refractivity contribution in [2.24, 2.45) is 0 Å². The Labute approximate surface area is 93.9 Å². The molecule has 2 heterocycles. The van der Waals surface area contributed by atoms with Crippen molar-refractivity contribution in [2.45, 2.75) is 13.5 Å². The monoisotopic (exact) mass is 269 g/mol. The molecule has 2 aromatic rings. The molecular weight excluding hydrogens is 262 g/mol. The van der Waals surface area contributed by atoms with Crippen LogP contribution in [-0.4, -0.2) is 14.7 Å². The number of nitrogens with zero attached hydrogens (tertiary/aromatic N) is 3. The van der Waals surface area contributed by atoms with Gasteiger partial charge < -0.3 is 4.52 Å². The zero-order valence-corrected chi connectivity index (χ0v) is 9.56. The fourth-order valence-corrected chi connectivity index (χ4v) is 1.55. The van der Waals surface area contributed by atoms with Gasteiger partial charge >= 0.3 is 0 Å². The van der Waals surface area contributed by atoms with Gasteiger partial charge in [0.05, 0.1) is 12.9 Å². The van der Waals surface area contributed by atoms with E-state index in [-0.39, 0.29) is 5.56 Å². The number of rotatable bonds is 2. The minimum absolute atomic E-state index is 0.134. The summed E-state index contributed by atoms with van der Waals surface area (Å²) in [6.07, 6.45) is 2.93. The van der Waals surface area contributed by atoms with E-state index >= 15 is 0 Å². The molecule has 0 aliphatic heterocycles. The van der Waals surface area contributed by atoms with Crippen LogP contribution in [0, 0.1) is 6.92 Å². The molecule has 2 aromatic heterocycles. The Morgan fingerprint density at radius 1 is 1.60 bits per heavy atom. The molecular formula is C9H8BrN3O2. The highest BCUT2D eigenvalue weighted by Gasteiger charge is 2.04. The Morgan fingerprint density at radius 3 is 3.07 bits per heavy atom. The highest BCUT2D eigenvalue weighted by molar-refractivity contribution is 9.10. The van der Waals surface area contributed by atoms with Gasteiger partial charge in [-0.3, -0.25) is 9.36 Å². The first kappa shape index (κ1) is 10.1. The van der Waals surface area contributed by atoms with Gasteiger partial charge in [-0.1, -0.05) is 5.16 Å². The standard InChI is InChI=1S/C9H8BrN3O2/c1-6-2-7(12-15-6)4-13-5-11-3-8(10)9(13)14/h2-3,5H,4H2,1H3. The van der Waals surface area contributed by atoms with Gasteiger partial charge in [0, 0.05) is 12.3 Å². The molecule has 0 aliphatic rings. The third-order valence-electron chi connectivity index (χ3n) is 1.87. The molecule has 0 amide bonds. The Hall–Kier alpha value is -1.43. The van der Waals surface area contributed by atoms with Crippen LogP contribution in [0.3, 0.4) is 0 Å². The first-order valence-electron chi connectivity index (χ1n) is 4.29. The summed E-state index contributed by atoms with van der Waals surface area (Å²) in [5, 5.41) is 3.80. The molecule has 0 N–H and O–H groups in total. The molecule has 0 aliphatic carbocycles. The zero-order chi connectivity index (χ0) is 10.8. The Morgan fingerprint density at radius 2 is 2.40 bits per heavy atom. The lowest BCUT2D eigenvalue weighted by atomic mass is 10.4. The molecule has 78 valence electrons. The van der Waals surface area contributed by atoms with Crippen LogP contribution >= 0.6 is 15.9 Å². The van der Waals surface area contributed by atoms with Crippen molar-refractivity contribution >= 4 is 15.9 Å². The van der Waals surface area contributed by atoms with Crippen LogP contribution in [0.4, 0.5) is 0 Å². The third kappa shape index (κ3) is 2.15. The van der Waals surface area contributed by atoms with Crippen molar-refractivity contribution < 1.29 is 4.52 Å². The highest BCUT2D eigenvalue weighted by atomic mass is 79.9. The molecule has 0 atom stereocenters. The van der Waals surface area contributed by atoms with Crippen LogP contribution in [0.1, 0.15) is 11.5 Å². The first-order chi connectivity index (χ1) is 7.16. The molecule has 0 bridgehead atoms. The van der Waals surface area contributed by atoms with Crippen molar-refractivity contribution in [3.8, 4) is 0 Å². The molecule has 0 saturated carbocycles. The minimum atomic E-state index is -0.134. The molecule has 0 spiro atoms. The van der Waals surface area contributed by atoms with E-state index in [1.807, 2.05) is 0 Å². The Kier molecular flexibility index (Phi) is 2.68. The van der Waals surface area contributed by atoms with Gasteiger partial charge in [-0.05, 0) is 22.9 Å². The predicted octanol–water partition coefficient (Wildman–Crippen LogP) is 1.35. The van der Waals surface area contributed by atoms with Gasteiger partial charge in [0.2, 0.25) is 0 Å². The van der Waals surface area contributed by atoms with E-state index in [2.05, 4.69) is 26.1 Å². The van der Waals surface area contributed by atoms with E-state index in [9.17, 15) is 4.79 Å². The van der Waals surface area contributed by atoms with E-state index in [0.717, 1.165) is 5.76 Å². The van der Waals surface area contributed by atoms with E-state index < -0.39 is 0 Å².